The van der Waals surface area contributed by atoms with Gasteiger partial charge in [0.05, 0.1) is 6.54 Å². The summed E-state index contributed by atoms with van der Waals surface area (Å²) in [6.07, 6.45) is 1.75. The van der Waals surface area contributed by atoms with Gasteiger partial charge in [-0.25, -0.2) is 0 Å². The number of anilines is 1. The zero-order valence-electron chi connectivity index (χ0n) is 9.14. The zero-order chi connectivity index (χ0) is 11.5. The van der Waals surface area contributed by atoms with Crippen molar-refractivity contribution in [3.05, 3.63) is 5.89 Å². The van der Waals surface area contributed by atoms with Crippen LogP contribution in [-0.2, 0) is 11.3 Å². The third-order valence-corrected chi connectivity index (χ3v) is 2.68. The van der Waals surface area contributed by atoms with E-state index in [9.17, 15) is 4.79 Å². The van der Waals surface area contributed by atoms with Gasteiger partial charge in [-0.2, -0.15) is 0 Å². The fourth-order valence-electron chi connectivity index (χ4n) is 1.88. The van der Waals surface area contributed by atoms with Crippen LogP contribution in [0.2, 0.25) is 0 Å². The number of carbonyl (C=O) groups is 1. The van der Waals surface area contributed by atoms with Gasteiger partial charge in [-0.1, -0.05) is 5.10 Å². The molecular formula is C9H15N5O2. The van der Waals surface area contributed by atoms with E-state index in [4.69, 9.17) is 10.2 Å². The molecule has 2 heterocycles. The molecule has 1 aliphatic heterocycles. The molecule has 0 saturated carbocycles. The Balaban J connectivity index is 2.16. The van der Waals surface area contributed by atoms with E-state index in [2.05, 4.69) is 15.5 Å². The van der Waals surface area contributed by atoms with Gasteiger partial charge in [-0.3, -0.25) is 4.79 Å². The number of nitrogens with one attached hydrogen (secondary N) is 1. The maximum absolute atomic E-state index is 11.6. The number of nitrogens with zero attached hydrogens (tertiary/aromatic N) is 3. The van der Waals surface area contributed by atoms with Crippen LogP contribution in [0.15, 0.2) is 4.42 Å². The third kappa shape index (κ3) is 1.85. The van der Waals surface area contributed by atoms with Gasteiger partial charge < -0.3 is 20.4 Å². The van der Waals surface area contributed by atoms with Crippen molar-refractivity contribution in [1.82, 2.24) is 15.5 Å². The lowest BCUT2D eigenvalue weighted by molar-refractivity contribution is -0.121. The highest BCUT2D eigenvalue weighted by atomic mass is 16.4. The minimum absolute atomic E-state index is 0.0231. The summed E-state index contributed by atoms with van der Waals surface area (Å²) in [6, 6.07) is 0.169. The Morgan fingerprint density at radius 1 is 1.69 bits per heavy atom. The van der Waals surface area contributed by atoms with E-state index in [1.807, 2.05) is 4.90 Å². The first kappa shape index (κ1) is 10.9. The van der Waals surface area contributed by atoms with Crippen LogP contribution in [0.5, 0.6) is 0 Å². The molecule has 1 aromatic rings. The Labute approximate surface area is 93.0 Å². The summed E-state index contributed by atoms with van der Waals surface area (Å²) in [5, 5.41) is 10.3. The molecule has 88 valence electrons. The van der Waals surface area contributed by atoms with E-state index in [1.165, 1.54) is 0 Å². The van der Waals surface area contributed by atoms with E-state index in [-0.39, 0.29) is 18.5 Å². The van der Waals surface area contributed by atoms with E-state index < -0.39 is 0 Å². The van der Waals surface area contributed by atoms with E-state index in [1.54, 1.807) is 7.05 Å². The van der Waals surface area contributed by atoms with Crippen LogP contribution >= 0.6 is 0 Å². The molecule has 3 N–H and O–H groups in total. The van der Waals surface area contributed by atoms with Crippen molar-refractivity contribution >= 4 is 11.9 Å². The number of hydrogen-bond donors (Lipinski definition) is 2. The zero-order valence-corrected chi connectivity index (χ0v) is 9.14. The summed E-state index contributed by atoms with van der Waals surface area (Å²) in [5.74, 6) is 0.363. The fourth-order valence-corrected chi connectivity index (χ4v) is 1.88. The Morgan fingerprint density at radius 3 is 3.12 bits per heavy atom. The van der Waals surface area contributed by atoms with Crippen molar-refractivity contribution in [2.45, 2.75) is 25.4 Å². The van der Waals surface area contributed by atoms with E-state index in [0.717, 1.165) is 19.4 Å². The molecule has 0 radical (unpaired) electrons. The van der Waals surface area contributed by atoms with Crippen molar-refractivity contribution in [3.63, 3.8) is 0 Å². The van der Waals surface area contributed by atoms with Crippen LogP contribution in [-0.4, -0.2) is 35.7 Å². The molecule has 0 spiro atoms. The van der Waals surface area contributed by atoms with Gasteiger partial charge in [0.1, 0.15) is 6.04 Å². The monoisotopic (exact) mass is 225 g/mol. The number of hydrogen-bond acceptors (Lipinski definition) is 6. The summed E-state index contributed by atoms with van der Waals surface area (Å²) in [7, 11) is 1.62. The first-order valence-corrected chi connectivity index (χ1v) is 5.27. The topological polar surface area (TPSA) is 97.3 Å². The highest BCUT2D eigenvalue weighted by Crippen LogP contribution is 2.24. The third-order valence-electron chi connectivity index (χ3n) is 2.68. The molecule has 1 unspecified atom stereocenters. The van der Waals surface area contributed by atoms with Gasteiger partial charge >= 0.3 is 6.01 Å². The van der Waals surface area contributed by atoms with Gasteiger partial charge in [-0.15, -0.1) is 5.10 Å². The van der Waals surface area contributed by atoms with Crippen LogP contribution in [0.25, 0.3) is 0 Å². The highest BCUT2D eigenvalue weighted by molar-refractivity contribution is 5.84. The van der Waals surface area contributed by atoms with Gasteiger partial charge in [-0.05, 0) is 12.8 Å². The lowest BCUT2D eigenvalue weighted by Gasteiger charge is -2.20. The standard InChI is InChI=1S/C9H15N5O2/c1-11-8(15)6-3-2-4-14(6)9-13-12-7(5-10)16-9/h6H,2-5,10H2,1H3,(H,11,15). The van der Waals surface area contributed by atoms with Gasteiger partial charge in [0, 0.05) is 13.6 Å². The summed E-state index contributed by atoms with van der Waals surface area (Å²) in [6.45, 7) is 0.968. The lowest BCUT2D eigenvalue weighted by atomic mass is 10.2. The maximum atomic E-state index is 11.6. The van der Waals surface area contributed by atoms with Crippen molar-refractivity contribution in [3.8, 4) is 0 Å². The largest absolute Gasteiger partial charge is 0.407 e. The number of rotatable bonds is 3. The summed E-state index contributed by atoms with van der Waals surface area (Å²) in [4.78, 5) is 13.4. The molecule has 7 nitrogen and oxygen atoms in total. The molecular weight excluding hydrogens is 210 g/mol. The van der Waals surface area contributed by atoms with Gasteiger partial charge in [0.25, 0.3) is 0 Å². The number of likely N-dealkylation sites (N-methyl/N-ethyl adjacent to an activating group) is 1. The average Bonchev–Trinajstić information content (AvgIpc) is 2.95. The Morgan fingerprint density at radius 2 is 2.50 bits per heavy atom. The average molecular weight is 225 g/mol. The maximum Gasteiger partial charge on any atom is 0.318 e. The fraction of sp³-hybridized carbons (Fsp3) is 0.667. The summed E-state index contributed by atoms with van der Waals surface area (Å²) in [5.41, 5.74) is 5.39. The molecule has 1 atom stereocenters. The number of amides is 1. The highest BCUT2D eigenvalue weighted by Gasteiger charge is 2.33. The molecule has 0 bridgehead atoms. The molecule has 1 amide bonds. The SMILES string of the molecule is CNC(=O)C1CCCN1c1nnc(CN)o1. The van der Waals surface area contributed by atoms with Crippen molar-refractivity contribution in [1.29, 1.82) is 0 Å². The van der Waals surface area contributed by atoms with Crippen LogP contribution in [0.4, 0.5) is 6.01 Å². The molecule has 0 aliphatic carbocycles. The van der Waals surface area contributed by atoms with E-state index >= 15 is 0 Å². The molecule has 2 rings (SSSR count). The number of carbonyl (C=O) groups excluding carboxylic acids is 1. The number of nitrogens with two attached hydrogens (primary N) is 1. The minimum atomic E-state index is -0.212. The molecule has 16 heavy (non-hydrogen) atoms. The molecule has 1 saturated heterocycles. The summed E-state index contributed by atoms with van der Waals surface area (Å²) < 4.78 is 5.34. The predicted octanol–water partition coefficient (Wildman–Crippen LogP) is -0.757. The summed E-state index contributed by atoms with van der Waals surface area (Å²) >= 11 is 0. The minimum Gasteiger partial charge on any atom is -0.407 e. The Hall–Kier alpha value is -1.63. The van der Waals surface area contributed by atoms with Gasteiger partial charge in [0.15, 0.2) is 0 Å². The Kier molecular flexibility index (Phi) is 3.04. The van der Waals surface area contributed by atoms with Gasteiger partial charge in [0.2, 0.25) is 11.8 Å². The second-order valence-electron chi connectivity index (χ2n) is 3.65. The smallest absolute Gasteiger partial charge is 0.318 e. The normalized spacial score (nSPS) is 20.1. The van der Waals surface area contributed by atoms with Crippen LogP contribution in [0.3, 0.4) is 0 Å². The second kappa shape index (κ2) is 4.48. The predicted molar refractivity (Wildman–Crippen MR) is 56.6 cm³/mol. The van der Waals surface area contributed by atoms with Crippen molar-refractivity contribution in [2.75, 3.05) is 18.5 Å². The number of aromatic nitrogens is 2. The van der Waals surface area contributed by atoms with E-state index in [0.29, 0.717) is 11.9 Å². The molecule has 7 heteroatoms. The lowest BCUT2D eigenvalue weighted by Crippen LogP contribution is -2.42. The first-order chi connectivity index (χ1) is 7.76. The van der Waals surface area contributed by atoms with Crippen LogP contribution in [0.1, 0.15) is 18.7 Å². The molecule has 0 aromatic carbocycles. The quantitative estimate of drug-likeness (QED) is 0.702. The molecule has 1 aromatic heterocycles. The van der Waals surface area contributed by atoms with Crippen LogP contribution < -0.4 is 16.0 Å². The van der Waals surface area contributed by atoms with Crippen LogP contribution in [0, 0.1) is 0 Å². The van der Waals surface area contributed by atoms with Crippen molar-refractivity contribution in [2.24, 2.45) is 5.73 Å². The molecule has 1 aliphatic rings. The Bertz CT molecular complexity index is 378. The second-order valence-corrected chi connectivity index (χ2v) is 3.65. The van der Waals surface area contributed by atoms with Crippen molar-refractivity contribution < 1.29 is 9.21 Å². The molecule has 1 fully saturated rings. The first-order valence-electron chi connectivity index (χ1n) is 5.27.